The predicted molar refractivity (Wildman–Crippen MR) is 93.3 cm³/mol. The third-order valence-corrected chi connectivity index (χ3v) is 3.91. The number of benzene rings is 1. The molecule has 0 amide bonds. The van der Waals surface area contributed by atoms with E-state index in [9.17, 15) is 0 Å². The molecule has 0 spiro atoms. The lowest BCUT2D eigenvalue weighted by Gasteiger charge is -2.18. The molecule has 0 radical (unpaired) electrons. The molecule has 2 atom stereocenters. The fourth-order valence-electron chi connectivity index (χ4n) is 2.98. The van der Waals surface area contributed by atoms with Crippen LogP contribution in [0.4, 0.5) is 0 Å². The van der Waals surface area contributed by atoms with Crippen molar-refractivity contribution in [1.82, 2.24) is 4.90 Å². The van der Waals surface area contributed by atoms with Gasteiger partial charge in [0, 0.05) is 26.2 Å². The summed E-state index contributed by atoms with van der Waals surface area (Å²) in [7, 11) is 0. The molecule has 1 saturated heterocycles. The molecule has 1 N–H and O–H groups in total. The Morgan fingerprint density at radius 3 is 1.81 bits per heavy atom. The molecule has 2 nitrogen and oxygen atoms in total. The minimum absolute atomic E-state index is 0.397. The van der Waals surface area contributed by atoms with Crippen LogP contribution in [0.25, 0.3) is 0 Å². The van der Waals surface area contributed by atoms with Crippen LogP contribution < -0.4 is 0 Å². The van der Waals surface area contributed by atoms with Crippen molar-refractivity contribution in [2.75, 3.05) is 19.7 Å². The topological polar surface area (TPSA) is 23.5 Å². The highest BCUT2D eigenvalue weighted by Gasteiger charge is 2.54. The van der Waals surface area contributed by atoms with Gasteiger partial charge in [0.2, 0.25) is 0 Å². The minimum atomic E-state index is 0.397. The van der Waals surface area contributed by atoms with Gasteiger partial charge in [-0.15, -0.1) is 0 Å². The van der Waals surface area contributed by atoms with Crippen LogP contribution in [0.3, 0.4) is 0 Å². The van der Waals surface area contributed by atoms with Crippen molar-refractivity contribution in [3.63, 3.8) is 0 Å². The van der Waals surface area contributed by atoms with Crippen LogP contribution in [0, 0.1) is 17.8 Å². The molecule has 2 fully saturated rings. The van der Waals surface area contributed by atoms with Gasteiger partial charge in [-0.25, -0.2) is 0 Å². The molecule has 0 bridgehead atoms. The van der Waals surface area contributed by atoms with Crippen LogP contribution >= 0.6 is 0 Å². The van der Waals surface area contributed by atoms with Crippen molar-refractivity contribution in [2.24, 2.45) is 17.8 Å². The Hall–Kier alpha value is -0.860. The maximum absolute atomic E-state index is 9.07. The number of hydrogen-bond acceptors (Lipinski definition) is 2. The van der Waals surface area contributed by atoms with Gasteiger partial charge < -0.3 is 5.11 Å². The Morgan fingerprint density at radius 1 is 0.905 bits per heavy atom. The molecular formula is C19H35NO. The number of fused-ring (bicyclic) bond motifs is 1. The van der Waals surface area contributed by atoms with E-state index >= 15 is 0 Å². The first-order chi connectivity index (χ1) is 10.4. The van der Waals surface area contributed by atoms with E-state index in [1.54, 1.807) is 0 Å². The Bertz CT molecular complexity index is 327. The Balaban J connectivity index is 0.000000598. The molecule has 1 aromatic rings. The quantitative estimate of drug-likeness (QED) is 0.891. The molecule has 1 aliphatic carbocycles. The van der Waals surface area contributed by atoms with Gasteiger partial charge >= 0.3 is 0 Å². The van der Waals surface area contributed by atoms with Crippen molar-refractivity contribution in [2.45, 2.75) is 48.1 Å². The highest BCUT2D eigenvalue weighted by molar-refractivity contribution is 5.15. The van der Waals surface area contributed by atoms with Gasteiger partial charge in [0.25, 0.3) is 0 Å². The predicted octanol–water partition coefficient (Wildman–Crippen LogP) is 4.44. The molecule has 2 unspecified atom stereocenters. The number of hydrogen-bond donors (Lipinski definition) is 1. The van der Waals surface area contributed by atoms with Crippen molar-refractivity contribution in [3.8, 4) is 0 Å². The summed E-state index contributed by atoms with van der Waals surface area (Å²) in [6.07, 6.45) is 0. The third kappa shape index (κ3) is 5.80. The molecule has 2 heteroatoms. The summed E-state index contributed by atoms with van der Waals surface area (Å²) in [5.74, 6) is 2.20. The van der Waals surface area contributed by atoms with E-state index in [0.717, 1.165) is 18.4 Å². The molecule has 1 heterocycles. The molecule has 1 saturated carbocycles. The van der Waals surface area contributed by atoms with Crippen LogP contribution in [-0.2, 0) is 6.54 Å². The zero-order valence-electron chi connectivity index (χ0n) is 14.8. The standard InChI is InChI=1S/C13H17NO.3C2H6/c15-9-13-11-7-14(8-12(11)13)6-10-4-2-1-3-5-10;3*1-2/h1-5,11-13,15H,6-9H2;3*1-2H3. The second-order valence-electron chi connectivity index (χ2n) is 4.85. The van der Waals surface area contributed by atoms with Crippen molar-refractivity contribution in [1.29, 1.82) is 0 Å². The van der Waals surface area contributed by atoms with E-state index in [-0.39, 0.29) is 0 Å². The van der Waals surface area contributed by atoms with E-state index in [2.05, 4.69) is 35.2 Å². The highest BCUT2D eigenvalue weighted by atomic mass is 16.3. The van der Waals surface area contributed by atoms with Gasteiger partial charge in [0.1, 0.15) is 0 Å². The van der Waals surface area contributed by atoms with E-state index in [1.807, 2.05) is 41.5 Å². The van der Waals surface area contributed by atoms with Gasteiger partial charge in [0.15, 0.2) is 0 Å². The number of likely N-dealkylation sites (tertiary alicyclic amines) is 1. The van der Waals surface area contributed by atoms with Gasteiger partial charge in [-0.3, -0.25) is 4.90 Å². The Kier molecular flexibility index (Phi) is 11.3. The van der Waals surface area contributed by atoms with Crippen LogP contribution in [0.1, 0.15) is 47.1 Å². The number of aliphatic hydroxyl groups excluding tert-OH is 1. The lowest BCUT2D eigenvalue weighted by atomic mass is 10.2. The number of piperidine rings is 1. The van der Waals surface area contributed by atoms with Gasteiger partial charge in [-0.05, 0) is 23.3 Å². The first-order valence-electron chi connectivity index (χ1n) is 8.75. The van der Waals surface area contributed by atoms with E-state index in [0.29, 0.717) is 12.5 Å². The normalized spacial score (nSPS) is 25.2. The second-order valence-corrected chi connectivity index (χ2v) is 4.85. The number of aliphatic hydroxyl groups is 1. The van der Waals surface area contributed by atoms with Crippen molar-refractivity contribution >= 4 is 0 Å². The van der Waals surface area contributed by atoms with Gasteiger partial charge in [0.05, 0.1) is 0 Å². The molecule has 21 heavy (non-hydrogen) atoms. The summed E-state index contributed by atoms with van der Waals surface area (Å²) < 4.78 is 0. The van der Waals surface area contributed by atoms with E-state index < -0.39 is 0 Å². The molecule has 0 aromatic heterocycles. The van der Waals surface area contributed by atoms with Crippen molar-refractivity contribution in [3.05, 3.63) is 35.9 Å². The maximum Gasteiger partial charge on any atom is 0.0465 e. The lowest BCUT2D eigenvalue weighted by molar-refractivity contribution is 0.217. The zero-order chi connectivity index (χ0) is 16.3. The monoisotopic (exact) mass is 293 g/mol. The average molecular weight is 293 g/mol. The van der Waals surface area contributed by atoms with E-state index in [4.69, 9.17) is 5.11 Å². The molecule has 122 valence electrons. The number of rotatable bonds is 3. The molecular weight excluding hydrogens is 258 g/mol. The Morgan fingerprint density at radius 2 is 1.38 bits per heavy atom. The summed E-state index contributed by atoms with van der Waals surface area (Å²) >= 11 is 0. The first kappa shape index (κ1) is 20.1. The smallest absolute Gasteiger partial charge is 0.0465 e. The summed E-state index contributed by atoms with van der Waals surface area (Å²) in [5, 5.41) is 9.07. The van der Waals surface area contributed by atoms with Crippen molar-refractivity contribution < 1.29 is 5.11 Å². The van der Waals surface area contributed by atoms with Crippen LogP contribution in [0.5, 0.6) is 0 Å². The van der Waals surface area contributed by atoms with E-state index in [1.165, 1.54) is 18.7 Å². The molecule has 1 aliphatic heterocycles. The minimum Gasteiger partial charge on any atom is -0.396 e. The Labute approximate surface area is 132 Å². The molecule has 3 rings (SSSR count). The summed E-state index contributed by atoms with van der Waals surface area (Å²) in [6.45, 7) is 15.8. The van der Waals surface area contributed by atoms with Crippen LogP contribution in [0.15, 0.2) is 30.3 Å². The average Bonchev–Trinajstić information content (AvgIpc) is 3.07. The third-order valence-electron chi connectivity index (χ3n) is 3.91. The fraction of sp³-hybridized carbons (Fsp3) is 0.684. The summed E-state index contributed by atoms with van der Waals surface area (Å²) in [6, 6.07) is 10.6. The van der Waals surface area contributed by atoms with Crippen LogP contribution in [0.2, 0.25) is 0 Å². The molecule has 1 aromatic carbocycles. The zero-order valence-corrected chi connectivity index (χ0v) is 14.8. The van der Waals surface area contributed by atoms with Gasteiger partial charge in [-0.1, -0.05) is 71.9 Å². The summed E-state index contributed by atoms with van der Waals surface area (Å²) in [4.78, 5) is 2.51. The lowest BCUT2D eigenvalue weighted by Crippen LogP contribution is -2.24. The SMILES string of the molecule is CC.CC.CC.OCC1C2CN(Cc3ccccc3)CC12. The summed E-state index contributed by atoms with van der Waals surface area (Å²) in [5.41, 5.74) is 1.40. The van der Waals surface area contributed by atoms with Gasteiger partial charge in [-0.2, -0.15) is 0 Å². The maximum atomic E-state index is 9.07. The second kappa shape index (κ2) is 11.8. The fourth-order valence-corrected chi connectivity index (χ4v) is 2.98. The molecule has 2 aliphatic rings. The first-order valence-corrected chi connectivity index (χ1v) is 8.75. The highest BCUT2D eigenvalue weighted by Crippen LogP contribution is 2.51. The largest absolute Gasteiger partial charge is 0.396 e. The number of nitrogens with zero attached hydrogens (tertiary/aromatic N) is 1. The van der Waals surface area contributed by atoms with Crippen LogP contribution in [-0.4, -0.2) is 29.7 Å².